The van der Waals surface area contributed by atoms with E-state index in [1.54, 1.807) is 32.0 Å². The van der Waals surface area contributed by atoms with Gasteiger partial charge in [0.05, 0.1) is 29.1 Å². The number of anilines is 1. The van der Waals surface area contributed by atoms with Gasteiger partial charge in [0.25, 0.3) is 5.91 Å². The Bertz CT molecular complexity index is 1320. The molecule has 2 N–H and O–H groups in total. The topological polar surface area (TPSA) is 121 Å². The number of hydrogen-bond donors (Lipinski definition) is 2. The molecule has 30 heavy (non-hydrogen) atoms. The minimum atomic E-state index is -1.20. The second kappa shape index (κ2) is 6.93. The van der Waals surface area contributed by atoms with Gasteiger partial charge in [0.15, 0.2) is 11.3 Å². The maximum Gasteiger partial charge on any atom is 0.276 e. The average molecular weight is 403 g/mol. The first-order valence-corrected chi connectivity index (χ1v) is 9.48. The van der Waals surface area contributed by atoms with E-state index in [0.717, 1.165) is 10.9 Å². The Morgan fingerprint density at radius 2 is 2.03 bits per heavy atom. The number of rotatable bonds is 4. The van der Waals surface area contributed by atoms with Gasteiger partial charge in [0.1, 0.15) is 6.07 Å². The Kier molecular flexibility index (Phi) is 4.51. The van der Waals surface area contributed by atoms with E-state index >= 15 is 0 Å². The van der Waals surface area contributed by atoms with Crippen LogP contribution in [0.1, 0.15) is 55.4 Å². The zero-order valence-electron chi connectivity index (χ0n) is 17.1. The van der Waals surface area contributed by atoms with Crippen LogP contribution in [0.15, 0.2) is 36.8 Å². The normalized spacial score (nSPS) is 11.9. The molecular weight excluding hydrogens is 382 g/mol. The van der Waals surface area contributed by atoms with E-state index in [2.05, 4.69) is 20.5 Å². The van der Waals surface area contributed by atoms with E-state index < -0.39 is 11.5 Å². The molecule has 0 bridgehead atoms. The molecule has 0 saturated carbocycles. The van der Waals surface area contributed by atoms with Crippen LogP contribution in [-0.4, -0.2) is 35.4 Å². The summed E-state index contributed by atoms with van der Waals surface area (Å²) in [5, 5.41) is 32.1. The van der Waals surface area contributed by atoms with Gasteiger partial charge in [-0.05, 0) is 39.8 Å². The molecule has 4 aromatic rings. The second-order valence-electron chi connectivity index (χ2n) is 7.94. The van der Waals surface area contributed by atoms with Gasteiger partial charge in [-0.15, -0.1) is 0 Å². The van der Waals surface area contributed by atoms with E-state index in [1.165, 1.54) is 16.9 Å². The van der Waals surface area contributed by atoms with Crippen molar-refractivity contribution in [1.29, 1.82) is 5.26 Å². The van der Waals surface area contributed by atoms with Crippen molar-refractivity contribution in [1.82, 2.24) is 24.4 Å². The summed E-state index contributed by atoms with van der Waals surface area (Å²) in [5.41, 5.74) is 1.54. The van der Waals surface area contributed by atoms with Crippen LogP contribution in [0.4, 0.5) is 5.69 Å². The van der Waals surface area contributed by atoms with Gasteiger partial charge in [-0.1, -0.05) is 0 Å². The number of benzene rings is 1. The lowest BCUT2D eigenvalue weighted by molar-refractivity contribution is 0.0793. The highest BCUT2D eigenvalue weighted by Crippen LogP contribution is 2.32. The van der Waals surface area contributed by atoms with Crippen LogP contribution in [0, 0.1) is 11.3 Å². The van der Waals surface area contributed by atoms with Gasteiger partial charge in [0.2, 0.25) is 0 Å². The number of aromatic nitrogens is 5. The fourth-order valence-electron chi connectivity index (χ4n) is 3.24. The Morgan fingerprint density at radius 3 is 2.70 bits per heavy atom. The number of carbonyl (C=O) groups excluding carboxylic acids is 1. The molecule has 0 unspecified atom stereocenters. The molecular formula is C21H21N7O2. The smallest absolute Gasteiger partial charge is 0.276 e. The first-order chi connectivity index (χ1) is 14.2. The van der Waals surface area contributed by atoms with Crippen LogP contribution in [-0.2, 0) is 5.60 Å². The molecule has 1 amide bonds. The molecule has 9 heteroatoms. The highest BCUT2D eigenvalue weighted by atomic mass is 16.3. The number of fused-ring (bicyclic) bond motifs is 2. The fourth-order valence-corrected chi connectivity index (χ4v) is 3.24. The van der Waals surface area contributed by atoms with E-state index in [-0.39, 0.29) is 11.7 Å². The van der Waals surface area contributed by atoms with Crippen LogP contribution >= 0.6 is 0 Å². The molecule has 0 aliphatic rings. The Labute approximate surface area is 172 Å². The van der Waals surface area contributed by atoms with Crippen LogP contribution in [0.5, 0.6) is 0 Å². The van der Waals surface area contributed by atoms with Gasteiger partial charge < -0.3 is 10.4 Å². The molecule has 4 rings (SSSR count). The van der Waals surface area contributed by atoms with E-state index in [9.17, 15) is 9.90 Å². The molecule has 0 atom stereocenters. The zero-order valence-corrected chi connectivity index (χ0v) is 17.1. The minimum absolute atomic E-state index is 0.184. The molecule has 1 aromatic carbocycles. The average Bonchev–Trinajstić information content (AvgIpc) is 3.29. The molecule has 9 nitrogen and oxygen atoms in total. The number of nitrogens with zero attached hydrogens (tertiary/aromatic N) is 6. The fraction of sp³-hybridized carbons (Fsp3) is 0.286. The number of nitriles is 1. The summed E-state index contributed by atoms with van der Waals surface area (Å²) in [6.07, 6.45) is 4.68. The molecule has 3 heterocycles. The van der Waals surface area contributed by atoms with E-state index in [0.29, 0.717) is 22.5 Å². The second-order valence-corrected chi connectivity index (χ2v) is 7.94. The minimum Gasteiger partial charge on any atom is -0.386 e. The van der Waals surface area contributed by atoms with Crippen molar-refractivity contribution in [3.05, 3.63) is 53.6 Å². The number of carbonyl (C=O) groups is 1. The molecule has 152 valence electrons. The molecule has 0 saturated heterocycles. The molecule has 0 fully saturated rings. The van der Waals surface area contributed by atoms with Crippen molar-refractivity contribution in [2.24, 2.45) is 0 Å². The maximum absolute atomic E-state index is 13.0. The molecule has 0 aliphatic heterocycles. The number of hydrogen-bond acceptors (Lipinski definition) is 6. The number of aliphatic hydroxyl groups is 1. The van der Waals surface area contributed by atoms with Crippen LogP contribution < -0.4 is 5.32 Å². The van der Waals surface area contributed by atoms with Crippen molar-refractivity contribution in [2.75, 3.05) is 5.32 Å². The summed E-state index contributed by atoms with van der Waals surface area (Å²) in [6.45, 7) is 7.37. The van der Waals surface area contributed by atoms with Gasteiger partial charge >= 0.3 is 0 Å². The maximum atomic E-state index is 13.0. The summed E-state index contributed by atoms with van der Waals surface area (Å²) in [7, 11) is 0. The highest BCUT2D eigenvalue weighted by molar-refractivity contribution is 6.05. The molecule has 0 radical (unpaired) electrons. The largest absolute Gasteiger partial charge is 0.386 e. The standard InChI is InChI=1S/C21H21N7O2/c1-12(2)27-11-14-6-17(15(21(3,4)30)7-16(14)26-27)25-20(29)18-10-23-19-5-13(8-22)9-24-28(18)19/h5-7,9-12,30H,1-4H3,(H,25,29). The molecule has 3 aromatic heterocycles. The number of nitrogens with one attached hydrogen (secondary N) is 1. The summed E-state index contributed by atoms with van der Waals surface area (Å²) in [6, 6.07) is 7.32. The predicted octanol–water partition coefficient (Wildman–Crippen LogP) is 3.01. The Balaban J connectivity index is 1.77. The summed E-state index contributed by atoms with van der Waals surface area (Å²) in [5.74, 6) is -0.430. The SMILES string of the molecule is CC(C)n1cc2cc(NC(=O)c3cnc4cc(C#N)cnn34)c(C(C)(C)O)cc2n1. The lowest BCUT2D eigenvalue weighted by Crippen LogP contribution is -2.22. The quantitative estimate of drug-likeness (QED) is 0.540. The number of imidazole rings is 1. The zero-order chi connectivity index (χ0) is 21.6. The van der Waals surface area contributed by atoms with Crippen molar-refractivity contribution >= 4 is 28.1 Å². The first kappa shape index (κ1) is 19.5. The van der Waals surface area contributed by atoms with Crippen molar-refractivity contribution in [2.45, 2.75) is 39.3 Å². The monoisotopic (exact) mass is 403 g/mol. The number of amides is 1. The first-order valence-electron chi connectivity index (χ1n) is 9.48. The van der Waals surface area contributed by atoms with Crippen molar-refractivity contribution in [3.63, 3.8) is 0 Å². The highest BCUT2D eigenvalue weighted by Gasteiger charge is 2.24. The van der Waals surface area contributed by atoms with Crippen LogP contribution in [0.2, 0.25) is 0 Å². The van der Waals surface area contributed by atoms with E-state index in [4.69, 9.17) is 5.26 Å². The van der Waals surface area contributed by atoms with Gasteiger partial charge in [-0.25, -0.2) is 9.50 Å². The third-order valence-electron chi connectivity index (χ3n) is 4.82. The van der Waals surface area contributed by atoms with Gasteiger partial charge in [-0.3, -0.25) is 9.48 Å². The van der Waals surface area contributed by atoms with Crippen LogP contribution in [0.25, 0.3) is 16.6 Å². The molecule has 0 spiro atoms. The predicted molar refractivity (Wildman–Crippen MR) is 111 cm³/mol. The molecule has 0 aliphatic carbocycles. The van der Waals surface area contributed by atoms with Crippen molar-refractivity contribution in [3.8, 4) is 6.07 Å². The van der Waals surface area contributed by atoms with Gasteiger partial charge in [-0.2, -0.15) is 15.5 Å². The lowest BCUT2D eigenvalue weighted by Gasteiger charge is -2.22. The van der Waals surface area contributed by atoms with Gasteiger partial charge in [0, 0.05) is 34.9 Å². The van der Waals surface area contributed by atoms with Crippen molar-refractivity contribution < 1.29 is 9.90 Å². The Hall–Kier alpha value is -3.77. The van der Waals surface area contributed by atoms with E-state index in [1.807, 2.05) is 30.8 Å². The third kappa shape index (κ3) is 3.38. The van der Waals surface area contributed by atoms with Crippen LogP contribution in [0.3, 0.4) is 0 Å². The summed E-state index contributed by atoms with van der Waals surface area (Å²) < 4.78 is 3.21. The summed E-state index contributed by atoms with van der Waals surface area (Å²) in [4.78, 5) is 17.2. The lowest BCUT2D eigenvalue weighted by atomic mass is 9.95. The third-order valence-corrected chi connectivity index (χ3v) is 4.82. The summed E-state index contributed by atoms with van der Waals surface area (Å²) >= 11 is 0. The Morgan fingerprint density at radius 1 is 1.27 bits per heavy atom.